The number of hydrogen-bond acceptors (Lipinski definition) is 10. The van der Waals surface area contributed by atoms with Crippen LogP contribution in [0.4, 0.5) is 0 Å². The van der Waals surface area contributed by atoms with Crippen molar-refractivity contribution in [3.8, 4) is 0 Å². The van der Waals surface area contributed by atoms with Gasteiger partial charge in [-0.1, -0.05) is 35.9 Å². The number of ether oxygens (including phenoxy) is 4. The molecule has 0 saturated carbocycles. The molecule has 1 aliphatic heterocycles. The highest BCUT2D eigenvalue weighted by molar-refractivity contribution is 7.86. The molecule has 0 unspecified atom stereocenters. The number of benzene rings is 2. The van der Waals surface area contributed by atoms with Gasteiger partial charge in [0.15, 0.2) is 18.5 Å². The fourth-order valence-electron chi connectivity index (χ4n) is 3.82. The van der Waals surface area contributed by atoms with Gasteiger partial charge in [-0.05, 0) is 31.2 Å². The summed E-state index contributed by atoms with van der Waals surface area (Å²) in [5.74, 6) is -1.99. The van der Waals surface area contributed by atoms with E-state index in [1.54, 1.807) is 42.5 Å². The number of amides is 1. The zero-order valence-electron chi connectivity index (χ0n) is 20.8. The van der Waals surface area contributed by atoms with Crippen LogP contribution in [0.25, 0.3) is 0 Å². The first kappa shape index (κ1) is 28.3. The third-order valence-corrected chi connectivity index (χ3v) is 6.81. The average molecular weight is 536 g/mol. The molecule has 0 aromatic heterocycles. The number of aryl methyl sites for hydroxylation is 1. The lowest BCUT2D eigenvalue weighted by Gasteiger charge is -2.44. The SMILES string of the molecule is CO[C@@H]1O[C@H](COS(=O)(=O)c2ccc(C)cc2)[C@H](OC(C)=O)[C@H](NC(=O)c2ccccc2)[C@H]1OC(C)=O. The van der Waals surface area contributed by atoms with Gasteiger partial charge in [-0.15, -0.1) is 0 Å². The molecule has 1 aliphatic rings. The van der Waals surface area contributed by atoms with Crippen LogP contribution in [0.2, 0.25) is 0 Å². The minimum absolute atomic E-state index is 0.0760. The molecular weight excluding hydrogens is 506 g/mol. The Bertz CT molecular complexity index is 1200. The van der Waals surface area contributed by atoms with Crippen molar-refractivity contribution >= 4 is 28.0 Å². The van der Waals surface area contributed by atoms with E-state index in [2.05, 4.69) is 5.32 Å². The molecule has 0 radical (unpaired) electrons. The molecule has 0 bridgehead atoms. The van der Waals surface area contributed by atoms with E-state index in [0.29, 0.717) is 5.56 Å². The number of nitrogens with one attached hydrogen (secondary N) is 1. The second-order valence-corrected chi connectivity index (χ2v) is 9.96. The molecule has 0 spiro atoms. The first-order valence-electron chi connectivity index (χ1n) is 11.4. The summed E-state index contributed by atoms with van der Waals surface area (Å²) in [5, 5.41) is 2.72. The van der Waals surface area contributed by atoms with E-state index in [1.165, 1.54) is 19.2 Å². The maximum absolute atomic E-state index is 13.0. The third kappa shape index (κ3) is 7.35. The van der Waals surface area contributed by atoms with E-state index in [4.69, 9.17) is 23.1 Å². The zero-order valence-corrected chi connectivity index (χ0v) is 21.6. The van der Waals surface area contributed by atoms with Crippen LogP contribution in [-0.4, -0.2) is 70.6 Å². The molecule has 12 heteroatoms. The lowest BCUT2D eigenvalue weighted by Crippen LogP contribution is -2.67. The maximum atomic E-state index is 13.0. The molecule has 1 heterocycles. The molecule has 3 rings (SSSR count). The third-order valence-electron chi connectivity index (χ3n) is 5.52. The van der Waals surface area contributed by atoms with E-state index in [1.807, 2.05) is 6.92 Å². The predicted molar refractivity (Wildman–Crippen MR) is 129 cm³/mol. The largest absolute Gasteiger partial charge is 0.457 e. The summed E-state index contributed by atoms with van der Waals surface area (Å²) in [7, 11) is -2.92. The van der Waals surface area contributed by atoms with Crippen LogP contribution in [0.1, 0.15) is 29.8 Å². The Kier molecular flexibility index (Phi) is 9.38. The molecule has 1 saturated heterocycles. The van der Waals surface area contributed by atoms with Crippen molar-refractivity contribution in [2.75, 3.05) is 13.7 Å². The predicted octanol–water partition coefficient (Wildman–Crippen LogP) is 1.73. The van der Waals surface area contributed by atoms with Crippen LogP contribution in [0.5, 0.6) is 0 Å². The van der Waals surface area contributed by atoms with Gasteiger partial charge in [0.1, 0.15) is 12.1 Å². The van der Waals surface area contributed by atoms with E-state index < -0.39 is 65.2 Å². The Morgan fingerprint density at radius 3 is 2.08 bits per heavy atom. The summed E-state index contributed by atoms with van der Waals surface area (Å²) in [5.41, 5.74) is 1.15. The van der Waals surface area contributed by atoms with Crippen LogP contribution in [0.3, 0.4) is 0 Å². The van der Waals surface area contributed by atoms with Crippen LogP contribution in [-0.2, 0) is 42.8 Å². The summed E-state index contributed by atoms with van der Waals surface area (Å²) < 4.78 is 52.7. The summed E-state index contributed by atoms with van der Waals surface area (Å²) in [4.78, 5) is 36.8. The summed E-state index contributed by atoms with van der Waals surface area (Å²) in [6, 6.07) is 13.1. The minimum Gasteiger partial charge on any atom is -0.457 e. The minimum atomic E-state index is -4.20. The number of carbonyl (C=O) groups excluding carboxylic acids is 3. The van der Waals surface area contributed by atoms with Gasteiger partial charge in [0.2, 0.25) is 0 Å². The van der Waals surface area contributed by atoms with Gasteiger partial charge in [-0.3, -0.25) is 18.6 Å². The van der Waals surface area contributed by atoms with Crippen molar-refractivity contribution in [1.82, 2.24) is 5.32 Å². The van der Waals surface area contributed by atoms with Crippen molar-refractivity contribution in [3.05, 3.63) is 65.7 Å². The van der Waals surface area contributed by atoms with Crippen molar-refractivity contribution in [2.45, 2.75) is 56.3 Å². The zero-order chi connectivity index (χ0) is 27.2. The number of esters is 2. The molecule has 2 aromatic carbocycles. The molecule has 1 N–H and O–H groups in total. The fourth-order valence-corrected chi connectivity index (χ4v) is 4.74. The van der Waals surface area contributed by atoms with Gasteiger partial charge >= 0.3 is 11.9 Å². The van der Waals surface area contributed by atoms with Gasteiger partial charge < -0.3 is 24.3 Å². The molecule has 200 valence electrons. The molecule has 2 aromatic rings. The highest BCUT2D eigenvalue weighted by Crippen LogP contribution is 2.28. The van der Waals surface area contributed by atoms with Gasteiger partial charge in [0, 0.05) is 26.5 Å². The van der Waals surface area contributed by atoms with Crippen molar-refractivity contribution in [1.29, 1.82) is 0 Å². The number of carbonyl (C=O) groups is 3. The van der Waals surface area contributed by atoms with Crippen molar-refractivity contribution in [3.63, 3.8) is 0 Å². The number of hydrogen-bond donors (Lipinski definition) is 1. The van der Waals surface area contributed by atoms with E-state index in [-0.39, 0.29) is 4.90 Å². The standard InChI is InChI=1S/C25H29NO10S/c1-15-10-12-19(13-11-15)37(30,31)33-14-20-22(34-16(2)27)21(23(35-17(3)28)25(32-4)36-20)26-24(29)18-8-6-5-7-9-18/h5-13,20-23,25H,14H2,1-4H3,(H,26,29)/t20-,21+,22+,23-,25-/m1/s1. The topological polar surface area (TPSA) is 144 Å². The Morgan fingerprint density at radius 2 is 1.51 bits per heavy atom. The lowest BCUT2D eigenvalue weighted by atomic mass is 9.95. The van der Waals surface area contributed by atoms with E-state index in [0.717, 1.165) is 19.4 Å². The first-order valence-corrected chi connectivity index (χ1v) is 12.8. The van der Waals surface area contributed by atoms with Gasteiger partial charge in [0.25, 0.3) is 16.0 Å². The summed E-state index contributed by atoms with van der Waals surface area (Å²) in [6.07, 6.45) is -4.99. The lowest BCUT2D eigenvalue weighted by molar-refractivity contribution is -0.276. The normalized spacial score (nSPS) is 23.6. The Hall–Kier alpha value is -3.32. The van der Waals surface area contributed by atoms with Crippen LogP contribution >= 0.6 is 0 Å². The second-order valence-electron chi connectivity index (χ2n) is 8.34. The first-order chi connectivity index (χ1) is 17.5. The molecule has 11 nitrogen and oxygen atoms in total. The summed E-state index contributed by atoms with van der Waals surface area (Å²) in [6.45, 7) is 3.52. The average Bonchev–Trinajstić information content (AvgIpc) is 2.85. The molecule has 1 fully saturated rings. The van der Waals surface area contributed by atoms with Gasteiger partial charge in [0.05, 0.1) is 11.5 Å². The van der Waals surface area contributed by atoms with Crippen molar-refractivity contribution < 1.29 is 45.9 Å². The van der Waals surface area contributed by atoms with E-state index >= 15 is 0 Å². The Morgan fingerprint density at radius 1 is 0.919 bits per heavy atom. The number of methoxy groups -OCH3 is 1. The Labute approximate surface area is 215 Å². The van der Waals surface area contributed by atoms with Crippen molar-refractivity contribution in [2.24, 2.45) is 0 Å². The smallest absolute Gasteiger partial charge is 0.303 e. The molecule has 0 aliphatic carbocycles. The van der Waals surface area contributed by atoms with E-state index in [9.17, 15) is 22.8 Å². The van der Waals surface area contributed by atoms with Gasteiger partial charge in [-0.25, -0.2) is 0 Å². The Balaban J connectivity index is 1.93. The number of rotatable bonds is 9. The van der Waals surface area contributed by atoms with Crippen LogP contribution < -0.4 is 5.32 Å². The summed E-state index contributed by atoms with van der Waals surface area (Å²) >= 11 is 0. The second kappa shape index (κ2) is 12.3. The van der Waals surface area contributed by atoms with Crippen LogP contribution in [0.15, 0.2) is 59.5 Å². The highest BCUT2D eigenvalue weighted by Gasteiger charge is 2.51. The maximum Gasteiger partial charge on any atom is 0.303 e. The molecule has 37 heavy (non-hydrogen) atoms. The quantitative estimate of drug-likeness (QED) is 0.372. The monoisotopic (exact) mass is 535 g/mol. The molecular formula is C25H29NO10S. The van der Waals surface area contributed by atoms with Crippen LogP contribution in [0, 0.1) is 6.92 Å². The highest BCUT2D eigenvalue weighted by atomic mass is 32.2. The fraction of sp³-hybridized carbons (Fsp3) is 0.400. The molecule has 5 atom stereocenters. The van der Waals surface area contributed by atoms with Gasteiger partial charge in [-0.2, -0.15) is 8.42 Å². The molecule has 1 amide bonds.